The van der Waals surface area contributed by atoms with Crippen molar-refractivity contribution < 1.29 is 4.79 Å². The minimum absolute atomic E-state index is 0.165. The summed E-state index contributed by atoms with van der Waals surface area (Å²) in [6, 6.07) is 0.359. The van der Waals surface area contributed by atoms with Crippen LogP contribution in [0.4, 0.5) is 11.4 Å². The van der Waals surface area contributed by atoms with E-state index in [1.54, 1.807) is 0 Å². The maximum atomic E-state index is 12.6. The van der Waals surface area contributed by atoms with Crippen molar-refractivity contribution in [2.24, 2.45) is 0 Å². The Kier molecular flexibility index (Phi) is 6.33. The van der Waals surface area contributed by atoms with Crippen LogP contribution < -0.4 is 15.5 Å². The molecule has 0 unspecified atom stereocenters. The molecule has 1 heterocycles. The molecule has 1 aromatic carbocycles. The molecule has 1 aliphatic rings. The number of benzene rings is 1. The summed E-state index contributed by atoms with van der Waals surface area (Å²) >= 11 is 0. The predicted octanol–water partition coefficient (Wildman–Crippen LogP) is 2.61. The normalized spacial score (nSPS) is 15.2. The molecule has 5 nitrogen and oxygen atoms in total. The van der Waals surface area contributed by atoms with E-state index in [0.29, 0.717) is 12.6 Å². The van der Waals surface area contributed by atoms with Crippen LogP contribution in [0.5, 0.6) is 0 Å². The minimum atomic E-state index is 0.165. The molecule has 1 saturated heterocycles. The number of likely N-dealkylation sites (N-methyl/N-ethyl adjacent to an activating group) is 1. The molecule has 25 heavy (non-hydrogen) atoms. The summed E-state index contributed by atoms with van der Waals surface area (Å²) in [6.45, 7) is 10.9. The molecular weight excluding hydrogens is 312 g/mol. The van der Waals surface area contributed by atoms with Crippen molar-refractivity contribution in [2.45, 2.75) is 46.6 Å². The fourth-order valence-corrected chi connectivity index (χ4v) is 3.92. The number of carbonyl (C=O) groups excluding carboxylic acids is 1. The molecule has 0 saturated carbocycles. The molecule has 1 aromatic rings. The first-order valence-electron chi connectivity index (χ1n) is 9.23. The van der Waals surface area contributed by atoms with Crippen molar-refractivity contribution in [1.82, 2.24) is 10.2 Å². The Bertz CT molecular complexity index is 604. The third-order valence-electron chi connectivity index (χ3n) is 5.70. The molecule has 1 aliphatic heterocycles. The first-order valence-corrected chi connectivity index (χ1v) is 9.23. The van der Waals surface area contributed by atoms with E-state index in [4.69, 9.17) is 0 Å². The van der Waals surface area contributed by atoms with Crippen molar-refractivity contribution in [1.29, 1.82) is 0 Å². The lowest BCUT2D eigenvalue weighted by Gasteiger charge is -2.32. The quantitative estimate of drug-likeness (QED) is 0.860. The van der Waals surface area contributed by atoms with Crippen LogP contribution in [-0.2, 0) is 4.79 Å². The van der Waals surface area contributed by atoms with E-state index in [0.717, 1.165) is 31.6 Å². The zero-order valence-corrected chi connectivity index (χ0v) is 16.9. The van der Waals surface area contributed by atoms with Gasteiger partial charge in [-0.2, -0.15) is 0 Å². The smallest absolute Gasteiger partial charge is 0.241 e. The molecule has 0 spiro atoms. The number of nitrogens with zero attached hydrogens (tertiary/aromatic N) is 2. The van der Waals surface area contributed by atoms with Gasteiger partial charge in [-0.15, -0.1) is 0 Å². The van der Waals surface area contributed by atoms with Crippen molar-refractivity contribution in [3.8, 4) is 0 Å². The van der Waals surface area contributed by atoms with Crippen LogP contribution in [0.25, 0.3) is 0 Å². The monoisotopic (exact) mass is 346 g/mol. The maximum Gasteiger partial charge on any atom is 0.241 e. The van der Waals surface area contributed by atoms with Crippen molar-refractivity contribution in [2.75, 3.05) is 51.0 Å². The zero-order chi connectivity index (χ0) is 18.7. The first-order chi connectivity index (χ1) is 11.8. The zero-order valence-electron chi connectivity index (χ0n) is 16.9. The molecule has 2 N–H and O–H groups in total. The van der Waals surface area contributed by atoms with Gasteiger partial charge in [-0.1, -0.05) is 0 Å². The standard InChI is InChI=1S/C20H34N4O/c1-13-15(3)20(23(5)6)16(4)14(2)19(13)22-12-18(25)24(7)17-8-10-21-11-9-17/h17,21-22H,8-12H2,1-7H3. The number of hydrogen-bond acceptors (Lipinski definition) is 4. The van der Waals surface area contributed by atoms with Crippen molar-refractivity contribution in [3.63, 3.8) is 0 Å². The highest BCUT2D eigenvalue weighted by Gasteiger charge is 2.22. The van der Waals surface area contributed by atoms with E-state index in [1.165, 1.54) is 27.9 Å². The van der Waals surface area contributed by atoms with E-state index in [-0.39, 0.29) is 5.91 Å². The van der Waals surface area contributed by atoms with Crippen LogP contribution >= 0.6 is 0 Å². The molecule has 140 valence electrons. The number of carbonyl (C=O) groups is 1. The van der Waals surface area contributed by atoms with E-state index >= 15 is 0 Å². The summed E-state index contributed by atoms with van der Waals surface area (Å²) in [5.74, 6) is 0.165. The summed E-state index contributed by atoms with van der Waals surface area (Å²) in [5.41, 5.74) is 7.38. The number of anilines is 2. The lowest BCUT2D eigenvalue weighted by atomic mass is 9.95. The largest absolute Gasteiger partial charge is 0.377 e. The minimum Gasteiger partial charge on any atom is -0.377 e. The van der Waals surface area contributed by atoms with Gasteiger partial charge in [0.2, 0.25) is 5.91 Å². The molecule has 0 bridgehead atoms. The highest BCUT2D eigenvalue weighted by molar-refractivity contribution is 5.83. The Balaban J connectivity index is 2.14. The third kappa shape index (κ3) is 4.09. The molecule has 2 rings (SSSR count). The second kappa shape index (κ2) is 8.09. The van der Waals surface area contributed by atoms with Gasteiger partial charge in [-0.25, -0.2) is 0 Å². The van der Waals surface area contributed by atoms with E-state index in [2.05, 4.69) is 57.3 Å². The lowest BCUT2D eigenvalue weighted by molar-refractivity contribution is -0.130. The number of piperidine rings is 1. The number of hydrogen-bond donors (Lipinski definition) is 2. The summed E-state index contributed by atoms with van der Waals surface area (Å²) in [7, 11) is 6.10. The van der Waals surface area contributed by atoms with Crippen LogP contribution in [0.3, 0.4) is 0 Å². The first kappa shape index (κ1) is 19.6. The Morgan fingerprint density at radius 2 is 1.52 bits per heavy atom. The maximum absolute atomic E-state index is 12.6. The van der Waals surface area contributed by atoms with Crippen LogP contribution in [0, 0.1) is 27.7 Å². The van der Waals surface area contributed by atoms with E-state index < -0.39 is 0 Å². The SMILES string of the molecule is Cc1c(C)c(N(C)C)c(C)c(C)c1NCC(=O)N(C)C1CCNCC1. The molecular formula is C20H34N4O. The van der Waals surface area contributed by atoms with Gasteiger partial charge >= 0.3 is 0 Å². The number of rotatable bonds is 5. The van der Waals surface area contributed by atoms with Gasteiger partial charge in [0.05, 0.1) is 6.54 Å². The van der Waals surface area contributed by atoms with Gasteiger partial charge in [-0.05, 0) is 75.9 Å². The summed E-state index contributed by atoms with van der Waals surface area (Å²) in [5, 5.41) is 6.77. The fraction of sp³-hybridized carbons (Fsp3) is 0.650. The predicted molar refractivity (Wildman–Crippen MR) is 107 cm³/mol. The number of amides is 1. The van der Waals surface area contributed by atoms with Crippen LogP contribution in [0.1, 0.15) is 35.1 Å². The van der Waals surface area contributed by atoms with Crippen molar-refractivity contribution >= 4 is 17.3 Å². The molecule has 1 fully saturated rings. The van der Waals surface area contributed by atoms with Gasteiger partial charge in [0.25, 0.3) is 0 Å². The van der Waals surface area contributed by atoms with E-state index in [1.807, 2.05) is 11.9 Å². The molecule has 5 heteroatoms. The van der Waals surface area contributed by atoms with E-state index in [9.17, 15) is 4.79 Å². The molecule has 0 aromatic heterocycles. The fourth-order valence-electron chi connectivity index (χ4n) is 3.92. The van der Waals surface area contributed by atoms with Crippen LogP contribution in [0.2, 0.25) is 0 Å². The van der Waals surface area contributed by atoms with Gasteiger partial charge in [-0.3, -0.25) is 4.79 Å². The number of nitrogens with one attached hydrogen (secondary N) is 2. The average Bonchev–Trinajstić information content (AvgIpc) is 2.59. The average molecular weight is 347 g/mol. The topological polar surface area (TPSA) is 47.6 Å². The van der Waals surface area contributed by atoms with Crippen LogP contribution in [0.15, 0.2) is 0 Å². The Hall–Kier alpha value is -1.75. The molecule has 0 atom stereocenters. The second-order valence-electron chi connectivity index (χ2n) is 7.46. The highest BCUT2D eigenvalue weighted by Crippen LogP contribution is 2.35. The summed E-state index contributed by atoms with van der Waals surface area (Å²) in [6.07, 6.45) is 2.08. The summed E-state index contributed by atoms with van der Waals surface area (Å²) < 4.78 is 0. The second-order valence-corrected chi connectivity index (χ2v) is 7.46. The molecule has 0 aliphatic carbocycles. The Morgan fingerprint density at radius 3 is 2.00 bits per heavy atom. The molecule has 1 amide bonds. The Morgan fingerprint density at radius 1 is 1.00 bits per heavy atom. The molecule has 0 radical (unpaired) electrons. The van der Waals surface area contributed by atoms with Crippen molar-refractivity contribution in [3.05, 3.63) is 22.3 Å². The third-order valence-corrected chi connectivity index (χ3v) is 5.70. The lowest BCUT2D eigenvalue weighted by Crippen LogP contribution is -2.45. The van der Waals surface area contributed by atoms with Crippen LogP contribution in [-0.4, -0.2) is 57.6 Å². The summed E-state index contributed by atoms with van der Waals surface area (Å²) in [4.78, 5) is 16.7. The van der Waals surface area contributed by atoms with Gasteiger partial charge in [0, 0.05) is 38.6 Å². The highest BCUT2D eigenvalue weighted by atomic mass is 16.2. The van der Waals surface area contributed by atoms with Gasteiger partial charge in [0.1, 0.15) is 0 Å². The Labute approximate surface area is 152 Å². The van der Waals surface area contributed by atoms with Gasteiger partial charge < -0.3 is 20.4 Å². The van der Waals surface area contributed by atoms with Gasteiger partial charge in [0.15, 0.2) is 0 Å².